The topological polar surface area (TPSA) is 181 Å². The minimum atomic E-state index is -3.99. The van der Waals surface area contributed by atoms with E-state index < -0.39 is 93.2 Å². The maximum absolute atomic E-state index is 14.4. The number of alkyl halides is 2. The van der Waals surface area contributed by atoms with E-state index >= 15 is 0 Å². The molecular formula is C34H41F2N5O9S. The molecule has 51 heavy (non-hydrogen) atoms. The van der Waals surface area contributed by atoms with Crippen LogP contribution in [0, 0.1) is 11.3 Å². The van der Waals surface area contributed by atoms with E-state index in [1.54, 1.807) is 0 Å². The summed E-state index contributed by atoms with van der Waals surface area (Å²) in [5.41, 5.74) is 0.346. The number of benzene rings is 1. The molecule has 0 radical (unpaired) electrons. The zero-order chi connectivity index (χ0) is 36.9. The molecule has 1 aromatic carbocycles. The molecule has 5 aliphatic rings. The van der Waals surface area contributed by atoms with Crippen molar-refractivity contribution in [2.45, 2.75) is 94.4 Å². The maximum atomic E-state index is 14.4. The van der Waals surface area contributed by atoms with Crippen LogP contribution in [-0.2, 0) is 47.0 Å². The number of nitrogens with one attached hydrogen (secondary N) is 3. The quantitative estimate of drug-likeness (QED) is 0.355. The molecule has 3 N–H and O–H groups in total. The highest BCUT2D eigenvalue weighted by atomic mass is 32.2. The molecule has 276 valence electrons. The van der Waals surface area contributed by atoms with Gasteiger partial charge < -0.3 is 25.0 Å². The number of fused-ring (bicyclic) bond motifs is 3. The van der Waals surface area contributed by atoms with Crippen LogP contribution in [0.5, 0.6) is 0 Å². The molecule has 3 heterocycles. The monoisotopic (exact) mass is 733 g/mol. The Bertz CT molecular complexity index is 1780. The molecule has 3 fully saturated rings. The number of cyclic esters (lactones) is 1. The molecule has 0 unspecified atom stereocenters. The highest BCUT2D eigenvalue weighted by Crippen LogP contribution is 2.45. The molecule has 1 aromatic rings. The molecule has 14 nitrogen and oxygen atoms in total. The second-order valence-corrected chi connectivity index (χ2v) is 16.5. The van der Waals surface area contributed by atoms with Gasteiger partial charge in [0.15, 0.2) is 6.04 Å². The first-order valence-electron chi connectivity index (χ1n) is 16.8. The van der Waals surface area contributed by atoms with E-state index in [0.29, 0.717) is 19.3 Å². The van der Waals surface area contributed by atoms with Crippen LogP contribution in [0.2, 0.25) is 0 Å². The molecule has 0 spiro atoms. The standard InChI is InChI=1S/C34H41F2N5O9S/c1-4-21-14-34(21,30(44)39-51(47,48)23-10-11-23)38-28(42)25-13-22-16-41(25)29(43)26(27(35)36)37-31(45)49-18-33(2,3)12-6-9-19-7-5-8-20-15-40(17-24(19)20)32(46)50-22/h4-9,21-23,25-27H,1,10-18H2,2-3H3,(H,37,45)(H,38,42)(H,39,44)/b9-6-/t21-,22-,25+,26+,34+/m1/s1. The van der Waals surface area contributed by atoms with Gasteiger partial charge in [-0.2, -0.15) is 0 Å². The fraction of sp³-hybridized carbons (Fsp3) is 0.559. The largest absolute Gasteiger partial charge is 0.449 e. The Morgan fingerprint density at radius 2 is 1.90 bits per heavy atom. The van der Waals surface area contributed by atoms with Crippen LogP contribution in [0.3, 0.4) is 0 Å². The molecular weight excluding hydrogens is 692 g/mol. The molecule has 2 saturated carbocycles. The maximum Gasteiger partial charge on any atom is 0.410 e. The summed E-state index contributed by atoms with van der Waals surface area (Å²) in [7, 11) is -3.99. The van der Waals surface area contributed by atoms with Crippen molar-refractivity contribution in [3.05, 3.63) is 53.6 Å². The van der Waals surface area contributed by atoms with Gasteiger partial charge in [0.05, 0.1) is 24.9 Å². The Morgan fingerprint density at radius 1 is 1.16 bits per heavy atom. The molecule has 5 atom stereocenters. The highest BCUT2D eigenvalue weighted by Gasteiger charge is 2.62. The zero-order valence-electron chi connectivity index (χ0n) is 28.2. The molecule has 6 rings (SSSR count). The number of alkyl carbamates (subject to hydrolysis) is 1. The van der Waals surface area contributed by atoms with Crippen molar-refractivity contribution in [2.24, 2.45) is 11.3 Å². The van der Waals surface area contributed by atoms with E-state index in [-0.39, 0.29) is 32.5 Å². The van der Waals surface area contributed by atoms with Gasteiger partial charge in [-0.05, 0) is 42.4 Å². The van der Waals surface area contributed by atoms with Gasteiger partial charge in [0, 0.05) is 24.3 Å². The Hall–Kier alpha value is -4.54. The minimum Gasteiger partial charge on any atom is -0.449 e. The second kappa shape index (κ2) is 13.5. The summed E-state index contributed by atoms with van der Waals surface area (Å²) < 4.78 is 67.0. The van der Waals surface area contributed by atoms with Gasteiger partial charge in [0.25, 0.3) is 18.2 Å². The summed E-state index contributed by atoms with van der Waals surface area (Å²) in [5, 5.41) is 3.74. The fourth-order valence-corrected chi connectivity index (χ4v) is 8.11. The summed E-state index contributed by atoms with van der Waals surface area (Å²) >= 11 is 0. The van der Waals surface area contributed by atoms with Crippen LogP contribution in [0.1, 0.15) is 62.6 Å². The number of amides is 5. The van der Waals surface area contributed by atoms with Gasteiger partial charge in [-0.15, -0.1) is 6.58 Å². The van der Waals surface area contributed by atoms with Crippen molar-refractivity contribution in [2.75, 3.05) is 13.2 Å². The Balaban J connectivity index is 1.28. The zero-order valence-corrected chi connectivity index (χ0v) is 29.0. The van der Waals surface area contributed by atoms with Crippen LogP contribution in [-0.4, -0.2) is 96.7 Å². The second-order valence-electron chi connectivity index (χ2n) is 14.6. The predicted octanol–water partition coefficient (Wildman–Crippen LogP) is 2.58. The van der Waals surface area contributed by atoms with Gasteiger partial charge in [-0.1, -0.05) is 50.3 Å². The summed E-state index contributed by atoms with van der Waals surface area (Å²) in [6.07, 6.45) is -0.512. The van der Waals surface area contributed by atoms with E-state index in [9.17, 15) is 41.2 Å². The van der Waals surface area contributed by atoms with Crippen molar-refractivity contribution >= 4 is 46.0 Å². The van der Waals surface area contributed by atoms with Gasteiger partial charge in [-0.25, -0.2) is 26.8 Å². The lowest BCUT2D eigenvalue weighted by Crippen LogP contribution is -2.59. The number of allylic oxidation sites excluding steroid dienone is 1. The van der Waals surface area contributed by atoms with Crippen LogP contribution >= 0.6 is 0 Å². The Morgan fingerprint density at radius 3 is 2.57 bits per heavy atom. The SMILES string of the molecule is C=C[C@@H]1C[C@@]1(NC(=O)[C@@H]1C[C@@H]2CN1C(=O)[C@H](C(F)F)NC(=O)OCC(C)(C)C/C=C\c1cccc3c1CN(C3)C(=O)O2)C(=O)NS(=O)(=O)C1CC1. The van der Waals surface area contributed by atoms with Crippen LogP contribution < -0.4 is 15.4 Å². The van der Waals surface area contributed by atoms with E-state index in [1.165, 1.54) is 11.0 Å². The molecule has 5 amide bonds. The smallest absolute Gasteiger partial charge is 0.410 e. The van der Waals surface area contributed by atoms with Crippen molar-refractivity contribution in [3.63, 3.8) is 0 Å². The molecule has 17 heteroatoms. The number of nitrogens with zero attached hydrogens (tertiary/aromatic N) is 2. The highest BCUT2D eigenvalue weighted by molar-refractivity contribution is 7.91. The van der Waals surface area contributed by atoms with Crippen molar-refractivity contribution in [3.8, 4) is 0 Å². The average Bonchev–Trinajstić information content (AvgIpc) is 3.96. The molecule has 4 bridgehead atoms. The lowest BCUT2D eigenvalue weighted by molar-refractivity contribution is -0.143. The van der Waals surface area contributed by atoms with Crippen molar-refractivity contribution < 1.29 is 50.6 Å². The molecule has 1 saturated heterocycles. The third kappa shape index (κ3) is 7.58. The number of ether oxygens (including phenoxy) is 2. The van der Waals surface area contributed by atoms with Gasteiger partial charge in [0.1, 0.15) is 17.7 Å². The van der Waals surface area contributed by atoms with Crippen LogP contribution in [0.4, 0.5) is 18.4 Å². The van der Waals surface area contributed by atoms with Crippen LogP contribution in [0.15, 0.2) is 36.9 Å². The van der Waals surface area contributed by atoms with Crippen LogP contribution in [0.25, 0.3) is 6.08 Å². The number of hydrogen-bond donors (Lipinski definition) is 3. The Kier molecular flexibility index (Phi) is 9.63. The number of carbonyl (C=O) groups is 5. The van der Waals surface area contributed by atoms with Gasteiger partial charge in [-0.3, -0.25) is 24.0 Å². The summed E-state index contributed by atoms with van der Waals surface area (Å²) in [6, 6.07) is 1.69. The normalized spacial score (nSPS) is 29.9. The van der Waals surface area contributed by atoms with E-state index in [4.69, 9.17) is 9.47 Å². The van der Waals surface area contributed by atoms with E-state index in [1.807, 2.05) is 54.2 Å². The fourth-order valence-electron chi connectivity index (χ4n) is 6.75. The number of carbonyl (C=O) groups excluding carboxylic acids is 5. The molecule has 0 aromatic heterocycles. The summed E-state index contributed by atoms with van der Waals surface area (Å²) in [6.45, 7) is 7.09. The lowest BCUT2D eigenvalue weighted by atomic mass is 9.90. The molecule has 2 aliphatic carbocycles. The van der Waals surface area contributed by atoms with Crippen molar-refractivity contribution in [1.29, 1.82) is 0 Å². The Labute approximate surface area is 294 Å². The van der Waals surface area contributed by atoms with Gasteiger partial charge >= 0.3 is 12.2 Å². The number of hydrogen-bond acceptors (Lipinski definition) is 9. The first-order valence-corrected chi connectivity index (χ1v) is 18.3. The number of halogens is 2. The lowest BCUT2D eigenvalue weighted by Gasteiger charge is -2.29. The number of sulfonamides is 1. The number of rotatable bonds is 7. The van der Waals surface area contributed by atoms with Crippen molar-refractivity contribution in [1.82, 2.24) is 25.2 Å². The third-order valence-electron chi connectivity index (χ3n) is 10.00. The van der Waals surface area contributed by atoms with Gasteiger partial charge in [0.2, 0.25) is 15.9 Å². The first-order chi connectivity index (χ1) is 24.0. The predicted molar refractivity (Wildman–Crippen MR) is 177 cm³/mol. The van der Waals surface area contributed by atoms with E-state index in [0.717, 1.165) is 21.6 Å². The minimum absolute atomic E-state index is 0.00341. The summed E-state index contributed by atoms with van der Waals surface area (Å²) in [4.78, 5) is 69.4. The molecule has 3 aliphatic heterocycles. The van der Waals surface area contributed by atoms with E-state index in [2.05, 4.69) is 11.9 Å². The average molecular weight is 734 g/mol. The first kappa shape index (κ1) is 36.3. The third-order valence-corrected chi connectivity index (χ3v) is 11.8. The summed E-state index contributed by atoms with van der Waals surface area (Å²) in [5.74, 6) is -3.95.